The number of benzene rings is 2. The maximum Gasteiger partial charge on any atom is 0.411 e. The van der Waals surface area contributed by atoms with Crippen molar-refractivity contribution in [2.75, 3.05) is 32.6 Å². The number of hydrogen-bond acceptors (Lipinski definition) is 6. The van der Waals surface area contributed by atoms with Gasteiger partial charge in [-0.1, -0.05) is 48.5 Å². The smallest absolute Gasteiger partial charge is 0.411 e. The fourth-order valence-electron chi connectivity index (χ4n) is 4.21. The summed E-state index contributed by atoms with van der Waals surface area (Å²) < 4.78 is 5.54. The minimum absolute atomic E-state index is 0.100. The first kappa shape index (κ1) is 23.9. The molecule has 1 aromatic heterocycles. The molecule has 4 rings (SSSR count). The third-order valence-corrected chi connectivity index (χ3v) is 5.75. The highest BCUT2D eigenvalue weighted by molar-refractivity contribution is 6.02. The number of nitrogens with one attached hydrogen (secondary N) is 2. The average Bonchev–Trinajstić information content (AvgIpc) is 3.16. The Morgan fingerprint density at radius 3 is 2.23 bits per heavy atom. The first-order valence-corrected chi connectivity index (χ1v) is 11.1. The van der Waals surface area contributed by atoms with Crippen molar-refractivity contribution < 1.29 is 24.2 Å². The van der Waals surface area contributed by atoms with Crippen LogP contribution in [0.2, 0.25) is 0 Å². The van der Waals surface area contributed by atoms with Crippen molar-refractivity contribution in [3.05, 3.63) is 83.7 Å². The molecular weight excluding hydrogens is 448 g/mol. The molecule has 0 unspecified atom stereocenters. The Bertz CT molecular complexity index is 1210. The molecule has 0 fully saturated rings. The predicted molar refractivity (Wildman–Crippen MR) is 130 cm³/mol. The highest BCUT2D eigenvalue weighted by Gasteiger charge is 2.29. The molecule has 1 aliphatic rings. The molecule has 0 aliphatic heterocycles. The van der Waals surface area contributed by atoms with Gasteiger partial charge in [-0.2, -0.15) is 0 Å². The fraction of sp³-hybridized carbons (Fsp3) is 0.231. The van der Waals surface area contributed by atoms with Crippen molar-refractivity contribution in [3.8, 4) is 11.1 Å². The van der Waals surface area contributed by atoms with Crippen LogP contribution in [-0.2, 0) is 9.53 Å². The number of ether oxygens (including phenoxy) is 1. The summed E-state index contributed by atoms with van der Waals surface area (Å²) in [4.78, 5) is 42.6. The maximum absolute atomic E-state index is 12.7. The number of carboxylic acids is 1. The predicted octanol–water partition coefficient (Wildman–Crippen LogP) is 3.19. The molecule has 2 amide bonds. The highest BCUT2D eigenvalue weighted by atomic mass is 16.5. The summed E-state index contributed by atoms with van der Waals surface area (Å²) in [5, 5.41) is 14.4. The second-order valence-corrected chi connectivity index (χ2v) is 8.48. The van der Waals surface area contributed by atoms with Crippen molar-refractivity contribution in [1.82, 2.24) is 15.2 Å². The lowest BCUT2D eigenvalue weighted by Gasteiger charge is -2.19. The number of anilines is 1. The number of nitrogens with zero attached hydrogens (tertiary/aromatic N) is 2. The van der Waals surface area contributed by atoms with Gasteiger partial charge < -0.3 is 20.1 Å². The zero-order chi connectivity index (χ0) is 24.9. The maximum atomic E-state index is 12.7. The molecule has 0 saturated carbocycles. The SMILES string of the molecule is CN(C)C[C@H](NC(=O)c1ncccc1NC(=O)OCC1c2ccccc2-c2ccccc21)C(=O)O. The Kier molecular flexibility index (Phi) is 7.07. The van der Waals surface area contributed by atoms with Gasteiger partial charge in [0.25, 0.3) is 5.91 Å². The summed E-state index contributed by atoms with van der Waals surface area (Å²) in [6.45, 7) is 0.217. The molecule has 9 heteroatoms. The van der Waals surface area contributed by atoms with Crippen LogP contribution in [0.25, 0.3) is 11.1 Å². The number of fused-ring (bicyclic) bond motifs is 3. The van der Waals surface area contributed by atoms with Crippen molar-refractivity contribution in [2.45, 2.75) is 12.0 Å². The molecule has 0 saturated heterocycles. The lowest BCUT2D eigenvalue weighted by Crippen LogP contribution is -2.47. The highest BCUT2D eigenvalue weighted by Crippen LogP contribution is 2.44. The molecule has 1 heterocycles. The first-order chi connectivity index (χ1) is 16.8. The molecule has 2 aromatic carbocycles. The van der Waals surface area contributed by atoms with Gasteiger partial charge in [-0.3, -0.25) is 10.1 Å². The number of carboxylic acid groups (broad SMARTS) is 1. The van der Waals surface area contributed by atoms with Gasteiger partial charge in [0.15, 0.2) is 5.69 Å². The second kappa shape index (κ2) is 10.4. The Morgan fingerprint density at radius 1 is 1.00 bits per heavy atom. The Morgan fingerprint density at radius 2 is 1.63 bits per heavy atom. The molecule has 3 aromatic rings. The van der Waals surface area contributed by atoms with Crippen molar-refractivity contribution in [2.24, 2.45) is 0 Å². The topological polar surface area (TPSA) is 121 Å². The van der Waals surface area contributed by atoms with E-state index >= 15 is 0 Å². The van der Waals surface area contributed by atoms with E-state index in [2.05, 4.69) is 27.8 Å². The van der Waals surface area contributed by atoms with E-state index in [1.54, 1.807) is 25.1 Å². The Labute approximate surface area is 202 Å². The number of carbonyl (C=O) groups excluding carboxylic acids is 2. The summed E-state index contributed by atoms with van der Waals surface area (Å²) >= 11 is 0. The molecule has 0 bridgehead atoms. The lowest BCUT2D eigenvalue weighted by atomic mass is 9.98. The number of hydrogen-bond donors (Lipinski definition) is 3. The fourth-order valence-corrected chi connectivity index (χ4v) is 4.21. The number of aliphatic carboxylic acids is 1. The van der Waals surface area contributed by atoms with Gasteiger partial charge >= 0.3 is 12.1 Å². The third kappa shape index (κ3) is 5.30. The van der Waals surface area contributed by atoms with E-state index in [0.717, 1.165) is 22.3 Å². The van der Waals surface area contributed by atoms with E-state index in [1.807, 2.05) is 36.4 Å². The average molecular weight is 475 g/mol. The minimum atomic E-state index is -1.17. The van der Waals surface area contributed by atoms with E-state index in [0.29, 0.717) is 0 Å². The number of carbonyl (C=O) groups is 3. The van der Waals surface area contributed by atoms with Gasteiger partial charge in [0.1, 0.15) is 12.6 Å². The van der Waals surface area contributed by atoms with Gasteiger partial charge in [-0.05, 0) is 48.5 Å². The Balaban J connectivity index is 1.44. The summed E-state index contributed by atoms with van der Waals surface area (Å²) in [5.41, 5.74) is 4.43. The molecule has 0 spiro atoms. The van der Waals surface area contributed by atoms with Crippen LogP contribution in [0.5, 0.6) is 0 Å². The third-order valence-electron chi connectivity index (χ3n) is 5.75. The monoisotopic (exact) mass is 474 g/mol. The number of aromatic nitrogens is 1. The van der Waals surface area contributed by atoms with Crippen LogP contribution in [0, 0.1) is 0 Å². The van der Waals surface area contributed by atoms with Gasteiger partial charge in [-0.15, -0.1) is 0 Å². The van der Waals surface area contributed by atoms with Crippen LogP contribution in [0.15, 0.2) is 66.9 Å². The van der Waals surface area contributed by atoms with Crippen molar-refractivity contribution in [3.63, 3.8) is 0 Å². The number of pyridine rings is 1. The van der Waals surface area contributed by atoms with Gasteiger partial charge in [-0.25, -0.2) is 14.6 Å². The van der Waals surface area contributed by atoms with E-state index in [-0.39, 0.29) is 30.5 Å². The molecule has 35 heavy (non-hydrogen) atoms. The zero-order valence-electron chi connectivity index (χ0n) is 19.4. The van der Waals surface area contributed by atoms with Gasteiger partial charge in [0, 0.05) is 18.7 Å². The standard InChI is InChI=1S/C26H26N4O5/c1-30(2)14-22(25(32)33)28-24(31)23-21(12-7-13-27-23)29-26(34)35-15-20-18-10-5-3-8-16(18)17-9-4-6-11-19(17)20/h3-13,20,22H,14-15H2,1-2H3,(H,28,31)(H,29,34)(H,32,33)/t22-/m0/s1. The quantitative estimate of drug-likeness (QED) is 0.458. The number of amides is 2. The molecule has 180 valence electrons. The van der Waals surface area contributed by atoms with Crippen LogP contribution >= 0.6 is 0 Å². The van der Waals surface area contributed by atoms with Crippen molar-refractivity contribution >= 4 is 23.7 Å². The van der Waals surface area contributed by atoms with Crippen LogP contribution in [-0.4, -0.2) is 66.2 Å². The minimum Gasteiger partial charge on any atom is -0.480 e. The molecule has 9 nitrogen and oxygen atoms in total. The van der Waals surface area contributed by atoms with E-state index in [9.17, 15) is 19.5 Å². The van der Waals surface area contributed by atoms with Crippen LogP contribution in [0.4, 0.5) is 10.5 Å². The summed E-state index contributed by atoms with van der Waals surface area (Å²) in [6, 6.07) is 18.0. The number of likely N-dealkylation sites (N-methyl/N-ethyl adjacent to an activating group) is 1. The first-order valence-electron chi connectivity index (χ1n) is 11.1. The van der Waals surface area contributed by atoms with Gasteiger partial charge in [0.2, 0.25) is 0 Å². The van der Waals surface area contributed by atoms with E-state index in [4.69, 9.17) is 4.74 Å². The normalized spacial score (nSPS) is 13.0. The van der Waals surface area contributed by atoms with Gasteiger partial charge in [0.05, 0.1) is 5.69 Å². The molecule has 3 N–H and O–H groups in total. The Hall–Kier alpha value is -4.24. The summed E-state index contributed by atoms with van der Waals surface area (Å²) in [6.07, 6.45) is 0.650. The summed E-state index contributed by atoms with van der Waals surface area (Å²) in [7, 11) is 3.40. The molecular formula is C26H26N4O5. The van der Waals surface area contributed by atoms with Crippen LogP contribution in [0.3, 0.4) is 0 Å². The van der Waals surface area contributed by atoms with Crippen LogP contribution < -0.4 is 10.6 Å². The van der Waals surface area contributed by atoms with E-state index < -0.39 is 24.0 Å². The largest absolute Gasteiger partial charge is 0.480 e. The van der Waals surface area contributed by atoms with E-state index in [1.165, 1.54) is 12.3 Å². The molecule has 1 atom stereocenters. The van der Waals surface area contributed by atoms with Crippen LogP contribution in [0.1, 0.15) is 27.5 Å². The lowest BCUT2D eigenvalue weighted by molar-refractivity contribution is -0.139. The molecule has 1 aliphatic carbocycles. The van der Waals surface area contributed by atoms with Crippen molar-refractivity contribution in [1.29, 1.82) is 0 Å². The zero-order valence-corrected chi connectivity index (χ0v) is 19.4. The molecule has 0 radical (unpaired) electrons. The summed E-state index contributed by atoms with van der Waals surface area (Å²) in [5.74, 6) is -1.99. The second-order valence-electron chi connectivity index (χ2n) is 8.48. The number of rotatable bonds is 8.